The van der Waals surface area contributed by atoms with Crippen LogP contribution in [-0.2, 0) is 4.79 Å². The summed E-state index contributed by atoms with van der Waals surface area (Å²) in [4.78, 5) is 13.1. The minimum absolute atomic E-state index is 0.0359. The Morgan fingerprint density at radius 3 is 2.64 bits per heavy atom. The van der Waals surface area contributed by atoms with E-state index in [0.29, 0.717) is 12.0 Å². The van der Waals surface area contributed by atoms with E-state index in [9.17, 15) is 4.79 Å². The SMILES string of the molecule is CN1C2CCC(C2)C1C(N)=O. The minimum atomic E-state index is -0.139. The summed E-state index contributed by atoms with van der Waals surface area (Å²) in [7, 11) is 2.01. The van der Waals surface area contributed by atoms with Crippen molar-refractivity contribution in [3.63, 3.8) is 0 Å². The Kier molecular flexibility index (Phi) is 1.42. The molecule has 2 aliphatic rings. The quantitative estimate of drug-likeness (QED) is 0.576. The maximum atomic E-state index is 11.0. The molecule has 2 bridgehead atoms. The van der Waals surface area contributed by atoms with Crippen molar-refractivity contribution in [3.8, 4) is 0 Å². The number of fused-ring (bicyclic) bond motifs is 2. The van der Waals surface area contributed by atoms with Crippen LogP contribution in [0.15, 0.2) is 0 Å². The fraction of sp³-hybridized carbons (Fsp3) is 0.875. The van der Waals surface area contributed by atoms with Gasteiger partial charge in [-0.2, -0.15) is 0 Å². The van der Waals surface area contributed by atoms with Crippen molar-refractivity contribution in [1.82, 2.24) is 4.90 Å². The minimum Gasteiger partial charge on any atom is -0.368 e. The number of amides is 1. The molecule has 62 valence electrons. The Hall–Kier alpha value is -0.570. The van der Waals surface area contributed by atoms with E-state index < -0.39 is 0 Å². The van der Waals surface area contributed by atoms with E-state index in [1.54, 1.807) is 0 Å². The molecule has 0 aromatic heterocycles. The summed E-state index contributed by atoms with van der Waals surface area (Å²) in [5.74, 6) is 0.419. The number of hydrogen-bond donors (Lipinski definition) is 1. The third kappa shape index (κ3) is 0.872. The van der Waals surface area contributed by atoms with Crippen LogP contribution in [0.2, 0.25) is 0 Å². The van der Waals surface area contributed by atoms with Crippen LogP contribution >= 0.6 is 0 Å². The zero-order valence-corrected chi connectivity index (χ0v) is 6.79. The maximum absolute atomic E-state index is 11.0. The first-order chi connectivity index (χ1) is 5.20. The van der Waals surface area contributed by atoms with Gasteiger partial charge in [-0.1, -0.05) is 0 Å². The summed E-state index contributed by atoms with van der Waals surface area (Å²) in [6, 6.07) is 0.672. The number of carbonyl (C=O) groups is 1. The number of carbonyl (C=O) groups excluding carboxylic acids is 1. The lowest BCUT2D eigenvalue weighted by Crippen LogP contribution is -2.46. The van der Waals surface area contributed by atoms with Crippen molar-refractivity contribution >= 4 is 5.91 Å². The highest BCUT2D eigenvalue weighted by Crippen LogP contribution is 2.40. The highest BCUT2D eigenvalue weighted by Gasteiger charge is 2.46. The van der Waals surface area contributed by atoms with Gasteiger partial charge in [0.2, 0.25) is 5.91 Å². The normalized spacial score (nSPS) is 43.2. The van der Waals surface area contributed by atoms with Gasteiger partial charge in [0.15, 0.2) is 0 Å². The van der Waals surface area contributed by atoms with Crippen LogP contribution in [0.3, 0.4) is 0 Å². The molecule has 1 aliphatic carbocycles. The van der Waals surface area contributed by atoms with E-state index >= 15 is 0 Å². The molecule has 3 atom stereocenters. The first-order valence-electron chi connectivity index (χ1n) is 4.21. The van der Waals surface area contributed by atoms with Crippen molar-refractivity contribution in [3.05, 3.63) is 0 Å². The molecule has 1 aliphatic heterocycles. The maximum Gasteiger partial charge on any atom is 0.235 e. The van der Waals surface area contributed by atoms with Gasteiger partial charge in [-0.15, -0.1) is 0 Å². The van der Waals surface area contributed by atoms with E-state index in [1.165, 1.54) is 19.3 Å². The number of likely N-dealkylation sites (N-methyl/N-ethyl adjacent to an activating group) is 1. The molecule has 11 heavy (non-hydrogen) atoms. The second kappa shape index (κ2) is 2.21. The number of hydrogen-bond acceptors (Lipinski definition) is 2. The molecule has 0 aromatic carbocycles. The molecular formula is C8H14N2O. The third-order valence-electron chi connectivity index (χ3n) is 3.20. The fourth-order valence-electron chi connectivity index (χ4n) is 2.64. The summed E-state index contributed by atoms with van der Waals surface area (Å²) < 4.78 is 0. The zero-order chi connectivity index (χ0) is 8.01. The number of nitrogens with two attached hydrogens (primary N) is 1. The lowest BCUT2D eigenvalue weighted by Gasteiger charge is -2.29. The lowest BCUT2D eigenvalue weighted by molar-refractivity contribution is -0.124. The molecule has 0 spiro atoms. The largest absolute Gasteiger partial charge is 0.368 e. The zero-order valence-electron chi connectivity index (χ0n) is 6.79. The molecule has 1 amide bonds. The van der Waals surface area contributed by atoms with E-state index in [4.69, 9.17) is 5.73 Å². The van der Waals surface area contributed by atoms with Crippen molar-refractivity contribution in [2.75, 3.05) is 7.05 Å². The molecule has 2 N–H and O–H groups in total. The van der Waals surface area contributed by atoms with Crippen molar-refractivity contribution in [1.29, 1.82) is 0 Å². The van der Waals surface area contributed by atoms with Crippen LogP contribution in [0.25, 0.3) is 0 Å². The number of likely N-dealkylation sites (tertiary alicyclic amines) is 1. The van der Waals surface area contributed by atoms with Gasteiger partial charge in [0.1, 0.15) is 0 Å². The molecule has 2 rings (SSSR count). The van der Waals surface area contributed by atoms with Gasteiger partial charge in [-0.25, -0.2) is 0 Å². The molecule has 1 saturated heterocycles. The summed E-state index contributed by atoms with van der Waals surface area (Å²) in [6.45, 7) is 0. The molecule has 1 heterocycles. The van der Waals surface area contributed by atoms with Crippen LogP contribution in [0.5, 0.6) is 0 Å². The first kappa shape index (κ1) is 7.10. The Morgan fingerprint density at radius 2 is 2.27 bits per heavy atom. The van der Waals surface area contributed by atoms with E-state index in [-0.39, 0.29) is 11.9 Å². The third-order valence-corrected chi connectivity index (χ3v) is 3.20. The lowest BCUT2D eigenvalue weighted by atomic mass is 9.99. The highest BCUT2D eigenvalue weighted by atomic mass is 16.1. The standard InChI is InChI=1S/C8H14N2O/c1-10-6-3-2-5(4-6)7(10)8(9)11/h5-7H,2-4H2,1H3,(H2,9,11). The van der Waals surface area contributed by atoms with Gasteiger partial charge in [-0.05, 0) is 32.2 Å². The van der Waals surface area contributed by atoms with Gasteiger partial charge < -0.3 is 5.73 Å². The van der Waals surface area contributed by atoms with Gasteiger partial charge in [0.05, 0.1) is 6.04 Å². The number of piperidine rings is 1. The molecule has 1 saturated carbocycles. The van der Waals surface area contributed by atoms with Crippen LogP contribution in [0.1, 0.15) is 19.3 Å². The van der Waals surface area contributed by atoms with Gasteiger partial charge in [-0.3, -0.25) is 9.69 Å². The van der Waals surface area contributed by atoms with Crippen LogP contribution in [-0.4, -0.2) is 29.9 Å². The average Bonchev–Trinajstić information content (AvgIpc) is 2.44. The van der Waals surface area contributed by atoms with E-state index in [1.807, 2.05) is 7.05 Å². The predicted molar refractivity (Wildman–Crippen MR) is 41.9 cm³/mol. The fourth-order valence-corrected chi connectivity index (χ4v) is 2.64. The number of rotatable bonds is 1. The molecular weight excluding hydrogens is 140 g/mol. The molecule has 2 fully saturated rings. The molecule has 3 unspecified atom stereocenters. The Balaban J connectivity index is 2.17. The van der Waals surface area contributed by atoms with Crippen molar-refractivity contribution in [2.45, 2.75) is 31.3 Å². The van der Waals surface area contributed by atoms with Gasteiger partial charge in [0, 0.05) is 6.04 Å². The van der Waals surface area contributed by atoms with Crippen LogP contribution in [0.4, 0.5) is 0 Å². The van der Waals surface area contributed by atoms with Gasteiger partial charge >= 0.3 is 0 Å². The number of primary amides is 1. The monoisotopic (exact) mass is 154 g/mol. The van der Waals surface area contributed by atoms with Crippen LogP contribution < -0.4 is 5.73 Å². The second-order valence-electron chi connectivity index (χ2n) is 3.74. The Morgan fingerprint density at radius 1 is 1.55 bits per heavy atom. The van der Waals surface area contributed by atoms with Crippen molar-refractivity contribution < 1.29 is 4.79 Å². The topological polar surface area (TPSA) is 46.3 Å². The smallest absolute Gasteiger partial charge is 0.235 e. The first-order valence-corrected chi connectivity index (χ1v) is 4.21. The summed E-state index contributed by atoms with van der Waals surface area (Å²) in [6.07, 6.45) is 3.64. The summed E-state index contributed by atoms with van der Waals surface area (Å²) >= 11 is 0. The highest BCUT2D eigenvalue weighted by molar-refractivity contribution is 5.80. The molecule has 3 heteroatoms. The summed E-state index contributed by atoms with van der Waals surface area (Å²) in [5.41, 5.74) is 5.29. The second-order valence-corrected chi connectivity index (χ2v) is 3.74. The Labute approximate surface area is 66.5 Å². The van der Waals surface area contributed by atoms with Crippen LogP contribution in [0, 0.1) is 5.92 Å². The average molecular weight is 154 g/mol. The van der Waals surface area contributed by atoms with E-state index in [0.717, 1.165) is 0 Å². The Bertz CT molecular complexity index is 191. The van der Waals surface area contributed by atoms with Crippen molar-refractivity contribution in [2.24, 2.45) is 11.7 Å². The molecule has 3 nitrogen and oxygen atoms in total. The van der Waals surface area contributed by atoms with E-state index in [2.05, 4.69) is 4.90 Å². The molecule has 0 aromatic rings. The summed E-state index contributed by atoms with van der Waals surface area (Å²) in [5, 5.41) is 0. The predicted octanol–water partition coefficient (Wildman–Crippen LogP) is -0.0456. The van der Waals surface area contributed by atoms with Gasteiger partial charge in [0.25, 0.3) is 0 Å². The molecule has 0 radical (unpaired) electrons. The number of nitrogens with zero attached hydrogens (tertiary/aromatic N) is 1.